The lowest BCUT2D eigenvalue weighted by Gasteiger charge is -2.21. The average Bonchev–Trinajstić information content (AvgIpc) is 2.75. The second kappa shape index (κ2) is 6.47. The Labute approximate surface area is 117 Å². The van der Waals surface area contributed by atoms with Crippen LogP contribution in [0.1, 0.15) is 18.7 Å². The molecule has 4 N–H and O–H groups in total. The van der Waals surface area contributed by atoms with Crippen molar-refractivity contribution in [2.75, 3.05) is 13.1 Å². The van der Waals surface area contributed by atoms with E-state index in [9.17, 15) is 13.2 Å². The van der Waals surface area contributed by atoms with Crippen molar-refractivity contribution in [3.63, 3.8) is 0 Å². The van der Waals surface area contributed by atoms with Crippen molar-refractivity contribution in [3.05, 3.63) is 17.0 Å². The fraction of sp³-hybridized carbons (Fsp3) is 0.545. The van der Waals surface area contributed by atoms with E-state index in [4.69, 9.17) is 11.5 Å². The zero-order valence-electron chi connectivity index (χ0n) is 11.0. The first kappa shape index (κ1) is 16.1. The predicted octanol–water partition coefficient (Wildman–Crippen LogP) is 0.339. The van der Waals surface area contributed by atoms with Crippen LogP contribution in [0.25, 0.3) is 0 Å². The van der Waals surface area contributed by atoms with E-state index in [2.05, 4.69) is 0 Å². The van der Waals surface area contributed by atoms with Crippen LogP contribution in [0, 0.1) is 5.92 Å². The second-order valence-electron chi connectivity index (χ2n) is 4.58. The van der Waals surface area contributed by atoms with Gasteiger partial charge in [-0.2, -0.15) is 4.31 Å². The predicted molar refractivity (Wildman–Crippen MR) is 75.0 cm³/mol. The smallest absolute Gasteiger partial charge is 0.253 e. The van der Waals surface area contributed by atoms with Crippen LogP contribution in [-0.4, -0.2) is 31.7 Å². The number of hydrogen-bond acceptors (Lipinski definition) is 5. The maximum atomic E-state index is 12.4. The van der Waals surface area contributed by atoms with Gasteiger partial charge in [-0.05, 0) is 18.1 Å². The maximum absolute atomic E-state index is 12.4. The van der Waals surface area contributed by atoms with Gasteiger partial charge in [0.25, 0.3) is 10.0 Å². The molecular formula is C11H19N3O3S2. The molecule has 19 heavy (non-hydrogen) atoms. The Morgan fingerprint density at radius 1 is 1.42 bits per heavy atom. The van der Waals surface area contributed by atoms with Gasteiger partial charge in [-0.15, -0.1) is 11.3 Å². The summed E-state index contributed by atoms with van der Waals surface area (Å²) in [5.74, 6) is -0.567. The van der Waals surface area contributed by atoms with Crippen LogP contribution in [0.2, 0.25) is 0 Å². The van der Waals surface area contributed by atoms with Crippen molar-refractivity contribution in [1.82, 2.24) is 4.31 Å². The summed E-state index contributed by atoms with van der Waals surface area (Å²) < 4.78 is 26.1. The molecular weight excluding hydrogens is 286 g/mol. The van der Waals surface area contributed by atoms with Crippen molar-refractivity contribution in [1.29, 1.82) is 0 Å². The Bertz CT molecular complexity index is 537. The molecule has 1 aromatic heterocycles. The monoisotopic (exact) mass is 305 g/mol. The molecule has 0 radical (unpaired) electrons. The number of nitrogens with zero attached hydrogens (tertiary/aromatic N) is 1. The van der Waals surface area contributed by atoms with Gasteiger partial charge in [0, 0.05) is 18.0 Å². The van der Waals surface area contributed by atoms with Gasteiger partial charge in [0.05, 0.1) is 6.54 Å². The minimum Gasteiger partial charge on any atom is -0.369 e. The number of carbonyl (C=O) groups is 1. The van der Waals surface area contributed by atoms with Gasteiger partial charge in [-0.25, -0.2) is 8.42 Å². The number of sulfonamides is 1. The summed E-state index contributed by atoms with van der Waals surface area (Å²) in [5.41, 5.74) is 10.6. The quantitative estimate of drug-likeness (QED) is 0.757. The molecule has 0 bridgehead atoms. The summed E-state index contributed by atoms with van der Waals surface area (Å²) in [6.07, 6.45) is 0. The fourth-order valence-electron chi connectivity index (χ4n) is 1.56. The molecule has 1 rings (SSSR count). The first-order valence-corrected chi connectivity index (χ1v) is 8.10. The van der Waals surface area contributed by atoms with E-state index in [1.54, 1.807) is 6.07 Å². The van der Waals surface area contributed by atoms with Crippen molar-refractivity contribution in [3.8, 4) is 0 Å². The van der Waals surface area contributed by atoms with Crippen LogP contribution in [0.3, 0.4) is 0 Å². The molecule has 0 spiro atoms. The van der Waals surface area contributed by atoms with Crippen LogP contribution in [0.4, 0.5) is 0 Å². The van der Waals surface area contributed by atoms with E-state index in [-0.39, 0.29) is 23.2 Å². The average molecular weight is 305 g/mol. The van der Waals surface area contributed by atoms with Crippen LogP contribution >= 0.6 is 11.3 Å². The van der Waals surface area contributed by atoms with Gasteiger partial charge in [0.2, 0.25) is 5.91 Å². The Morgan fingerprint density at radius 3 is 2.47 bits per heavy atom. The number of primary amides is 1. The summed E-state index contributed by atoms with van der Waals surface area (Å²) in [4.78, 5) is 11.8. The van der Waals surface area contributed by atoms with E-state index >= 15 is 0 Å². The highest BCUT2D eigenvalue weighted by molar-refractivity contribution is 7.91. The molecule has 8 heteroatoms. The molecule has 0 saturated carbocycles. The fourth-order valence-corrected chi connectivity index (χ4v) is 4.52. The maximum Gasteiger partial charge on any atom is 0.253 e. The van der Waals surface area contributed by atoms with Gasteiger partial charge in [-0.1, -0.05) is 13.8 Å². The Balaban J connectivity index is 3.07. The molecule has 0 unspecified atom stereocenters. The molecule has 1 heterocycles. The number of rotatable bonds is 7. The van der Waals surface area contributed by atoms with Crippen molar-refractivity contribution < 1.29 is 13.2 Å². The minimum atomic E-state index is -3.68. The van der Waals surface area contributed by atoms with Crippen LogP contribution in [0.5, 0.6) is 0 Å². The molecule has 0 saturated heterocycles. The molecule has 0 aliphatic rings. The van der Waals surface area contributed by atoms with Crippen molar-refractivity contribution in [2.45, 2.75) is 24.6 Å². The van der Waals surface area contributed by atoms with E-state index in [0.29, 0.717) is 6.54 Å². The van der Waals surface area contributed by atoms with Gasteiger partial charge >= 0.3 is 0 Å². The van der Waals surface area contributed by atoms with Gasteiger partial charge in [-0.3, -0.25) is 4.79 Å². The first-order chi connectivity index (χ1) is 8.77. The van der Waals surface area contributed by atoms with Crippen LogP contribution in [-0.2, 0) is 21.4 Å². The normalized spacial score (nSPS) is 12.3. The highest BCUT2D eigenvalue weighted by Crippen LogP contribution is 2.25. The number of amides is 1. The second-order valence-corrected chi connectivity index (χ2v) is 7.92. The summed E-state index contributed by atoms with van der Waals surface area (Å²) in [6, 6.07) is 3.19. The van der Waals surface area contributed by atoms with Crippen LogP contribution in [0.15, 0.2) is 16.3 Å². The highest BCUT2D eigenvalue weighted by Gasteiger charge is 2.27. The largest absolute Gasteiger partial charge is 0.369 e. The van der Waals surface area contributed by atoms with E-state index in [1.165, 1.54) is 6.07 Å². The third kappa shape index (κ3) is 4.27. The molecule has 108 valence electrons. The molecule has 0 aliphatic heterocycles. The highest BCUT2D eigenvalue weighted by atomic mass is 32.2. The number of hydrogen-bond donors (Lipinski definition) is 2. The molecule has 0 atom stereocenters. The number of thiophene rings is 1. The summed E-state index contributed by atoms with van der Waals surface area (Å²) in [7, 11) is -3.68. The minimum absolute atomic E-state index is 0.100. The molecule has 0 fully saturated rings. The zero-order valence-corrected chi connectivity index (χ0v) is 12.6. The number of carbonyl (C=O) groups excluding carboxylic acids is 1. The molecule has 1 aromatic rings. The lowest BCUT2D eigenvalue weighted by Crippen LogP contribution is -2.40. The van der Waals surface area contributed by atoms with Gasteiger partial charge < -0.3 is 11.5 Å². The van der Waals surface area contributed by atoms with Crippen molar-refractivity contribution >= 4 is 27.3 Å². The summed E-state index contributed by atoms with van der Waals surface area (Å²) in [6.45, 7) is 3.99. The molecule has 6 nitrogen and oxygen atoms in total. The lowest BCUT2D eigenvalue weighted by molar-refractivity contribution is -0.118. The van der Waals surface area contributed by atoms with Gasteiger partial charge in [0.15, 0.2) is 0 Å². The summed E-state index contributed by atoms with van der Waals surface area (Å²) >= 11 is 1.12. The third-order valence-electron chi connectivity index (χ3n) is 2.33. The molecule has 1 amide bonds. The number of nitrogens with two attached hydrogens (primary N) is 2. The van der Waals surface area contributed by atoms with Crippen LogP contribution < -0.4 is 11.5 Å². The topological polar surface area (TPSA) is 106 Å². The zero-order chi connectivity index (χ0) is 14.6. The Kier molecular flexibility index (Phi) is 5.48. The first-order valence-electron chi connectivity index (χ1n) is 5.84. The van der Waals surface area contributed by atoms with E-state index < -0.39 is 15.9 Å². The third-order valence-corrected chi connectivity index (χ3v) is 5.72. The Morgan fingerprint density at radius 2 is 2.05 bits per heavy atom. The molecule has 0 aromatic carbocycles. The van der Waals surface area contributed by atoms with E-state index in [0.717, 1.165) is 20.5 Å². The molecule has 0 aliphatic carbocycles. The van der Waals surface area contributed by atoms with Crippen molar-refractivity contribution in [2.24, 2.45) is 17.4 Å². The lowest BCUT2D eigenvalue weighted by atomic mass is 10.2. The summed E-state index contributed by atoms with van der Waals surface area (Å²) in [5, 5.41) is 0. The van der Waals surface area contributed by atoms with Gasteiger partial charge in [0.1, 0.15) is 4.21 Å². The van der Waals surface area contributed by atoms with E-state index in [1.807, 2.05) is 13.8 Å². The Hall–Kier alpha value is -0.960. The standard InChI is InChI=1S/C11H19N3O3S2/c1-8(2)6-14(7-10(13)15)19(16,17)11-4-3-9(5-12)18-11/h3-4,8H,5-7,12H2,1-2H3,(H2,13,15). The SMILES string of the molecule is CC(C)CN(CC(N)=O)S(=O)(=O)c1ccc(CN)s1.